The van der Waals surface area contributed by atoms with Crippen molar-refractivity contribution in [1.82, 2.24) is 10.7 Å². The van der Waals surface area contributed by atoms with E-state index in [0.29, 0.717) is 25.1 Å². The van der Waals surface area contributed by atoms with Crippen LogP contribution < -0.4 is 16.2 Å². The number of carbonyl (C=O) groups excluding carboxylic acids is 2. The maximum atomic E-state index is 12.8. The second-order valence-electron chi connectivity index (χ2n) is 4.61. The van der Waals surface area contributed by atoms with E-state index in [1.54, 1.807) is 12.1 Å². The van der Waals surface area contributed by atoms with Crippen LogP contribution in [0.2, 0.25) is 0 Å². The van der Waals surface area contributed by atoms with E-state index in [-0.39, 0.29) is 5.82 Å². The molecule has 0 amide bonds. The molecule has 1 aromatic carbocycles. The van der Waals surface area contributed by atoms with Crippen LogP contribution in [0.1, 0.15) is 6.92 Å². The quantitative estimate of drug-likeness (QED) is 0.425. The van der Waals surface area contributed by atoms with Gasteiger partial charge in [-0.2, -0.15) is 0 Å². The highest BCUT2D eigenvalue weighted by molar-refractivity contribution is 6.27. The summed E-state index contributed by atoms with van der Waals surface area (Å²) in [5.74, 6) is -1.13. The minimum atomic E-state index is -0.423. The summed E-state index contributed by atoms with van der Waals surface area (Å²) in [4.78, 5) is 22.1. The van der Waals surface area contributed by atoms with E-state index in [2.05, 4.69) is 16.2 Å². The van der Waals surface area contributed by atoms with Crippen molar-refractivity contribution in [1.29, 1.82) is 0 Å². The van der Waals surface area contributed by atoms with Gasteiger partial charge in [-0.3, -0.25) is 9.59 Å². The number of benzene rings is 1. The van der Waals surface area contributed by atoms with Crippen LogP contribution in [0.4, 0.5) is 10.1 Å². The first-order valence-electron chi connectivity index (χ1n) is 6.29. The molecule has 1 atom stereocenters. The average molecular weight is 277 g/mol. The van der Waals surface area contributed by atoms with Gasteiger partial charge in [0.05, 0.1) is 11.6 Å². The largest absolute Gasteiger partial charge is 0.312 e. The molecule has 0 spiro atoms. The van der Waals surface area contributed by atoms with Gasteiger partial charge in [0.1, 0.15) is 5.82 Å². The van der Waals surface area contributed by atoms with Gasteiger partial charge in [-0.05, 0) is 36.8 Å². The Morgan fingerprint density at radius 3 is 2.75 bits per heavy atom. The molecule has 20 heavy (non-hydrogen) atoms. The molecular formula is C14H16FN3O2. The Kier molecular flexibility index (Phi) is 4.47. The molecule has 1 aliphatic rings. The van der Waals surface area contributed by atoms with Crippen LogP contribution in [0.3, 0.4) is 0 Å². The van der Waals surface area contributed by atoms with Crippen molar-refractivity contribution in [3.8, 4) is 0 Å². The van der Waals surface area contributed by atoms with Crippen molar-refractivity contribution in [2.75, 3.05) is 18.5 Å². The van der Waals surface area contributed by atoms with Crippen LogP contribution in [0, 0.1) is 11.7 Å². The summed E-state index contributed by atoms with van der Waals surface area (Å²) in [6.07, 6.45) is 0.359. The first-order valence-corrected chi connectivity index (χ1v) is 6.29. The van der Waals surface area contributed by atoms with Crippen LogP contribution in [-0.4, -0.2) is 25.2 Å². The fourth-order valence-corrected chi connectivity index (χ4v) is 2.13. The highest BCUT2D eigenvalue weighted by Crippen LogP contribution is 2.19. The van der Waals surface area contributed by atoms with Gasteiger partial charge in [-0.25, -0.2) is 4.39 Å². The molecule has 0 radical (unpaired) electrons. The number of rotatable bonds is 5. The monoisotopic (exact) mass is 277 g/mol. The molecule has 1 saturated heterocycles. The summed E-state index contributed by atoms with van der Waals surface area (Å²) in [6, 6.07) is 5.90. The number of aldehydes is 1. The Hall–Kier alpha value is -2.21. The summed E-state index contributed by atoms with van der Waals surface area (Å²) in [7, 11) is 0. The normalized spacial score (nSPS) is 20.4. The number of hydrogen-bond acceptors (Lipinski definition) is 5. The first-order chi connectivity index (χ1) is 9.61. The second kappa shape index (κ2) is 6.29. The van der Waals surface area contributed by atoms with Crippen LogP contribution in [0.5, 0.6) is 0 Å². The van der Waals surface area contributed by atoms with Crippen molar-refractivity contribution in [3.05, 3.63) is 41.4 Å². The third-order valence-electron chi connectivity index (χ3n) is 3.26. The van der Waals surface area contributed by atoms with Crippen LogP contribution >= 0.6 is 0 Å². The van der Waals surface area contributed by atoms with E-state index in [1.165, 1.54) is 12.1 Å². The molecular weight excluding hydrogens is 261 g/mol. The number of hydrogen-bond donors (Lipinski definition) is 3. The zero-order valence-electron chi connectivity index (χ0n) is 11.1. The summed E-state index contributed by atoms with van der Waals surface area (Å²) < 4.78 is 12.8. The maximum absolute atomic E-state index is 12.8. The van der Waals surface area contributed by atoms with Crippen LogP contribution in [-0.2, 0) is 9.59 Å². The summed E-state index contributed by atoms with van der Waals surface area (Å²) >= 11 is 0. The zero-order chi connectivity index (χ0) is 14.5. The van der Waals surface area contributed by atoms with Crippen molar-refractivity contribution < 1.29 is 14.0 Å². The van der Waals surface area contributed by atoms with E-state index >= 15 is 0 Å². The standard InChI is InChI=1S/C14H16FN3O2/c1-9(12-6-16-7-13(12)14(20)8-19)17-18-11-4-2-10(15)3-5-11/h2-5,8,13,16-18H,6-7H2,1H3. The van der Waals surface area contributed by atoms with Crippen molar-refractivity contribution in [3.63, 3.8) is 0 Å². The third-order valence-corrected chi connectivity index (χ3v) is 3.26. The van der Waals surface area contributed by atoms with Gasteiger partial charge >= 0.3 is 0 Å². The number of carbonyl (C=O) groups is 2. The molecule has 1 aliphatic heterocycles. The number of ketones is 1. The smallest absolute Gasteiger partial charge is 0.203 e. The lowest BCUT2D eigenvalue weighted by Crippen LogP contribution is -2.25. The van der Waals surface area contributed by atoms with Crippen LogP contribution in [0.25, 0.3) is 0 Å². The number of halogens is 1. The Balaban J connectivity index is 2.04. The Morgan fingerprint density at radius 2 is 2.10 bits per heavy atom. The first kappa shape index (κ1) is 14.2. The molecule has 106 valence electrons. The molecule has 0 saturated carbocycles. The van der Waals surface area contributed by atoms with Gasteiger partial charge in [-0.15, -0.1) is 0 Å². The predicted octanol–water partition coefficient (Wildman–Crippen LogP) is 1.00. The summed E-state index contributed by atoms with van der Waals surface area (Å²) in [5.41, 5.74) is 8.23. The molecule has 0 bridgehead atoms. The lowest BCUT2D eigenvalue weighted by atomic mass is 9.97. The Morgan fingerprint density at radius 1 is 1.40 bits per heavy atom. The number of hydrazine groups is 1. The number of anilines is 1. The lowest BCUT2D eigenvalue weighted by Gasteiger charge is -2.15. The molecule has 5 nitrogen and oxygen atoms in total. The minimum Gasteiger partial charge on any atom is -0.312 e. The van der Waals surface area contributed by atoms with Gasteiger partial charge in [0, 0.05) is 18.8 Å². The molecule has 1 aromatic rings. The summed E-state index contributed by atoms with van der Waals surface area (Å²) in [6.45, 7) is 2.86. The van der Waals surface area contributed by atoms with E-state index in [0.717, 1.165) is 11.3 Å². The Labute approximate surface area is 116 Å². The molecule has 0 aromatic heterocycles. The molecule has 6 heteroatoms. The van der Waals surface area contributed by atoms with Crippen LogP contribution in [0.15, 0.2) is 35.5 Å². The highest BCUT2D eigenvalue weighted by Gasteiger charge is 2.28. The molecule has 3 N–H and O–H groups in total. The topological polar surface area (TPSA) is 70.2 Å². The predicted molar refractivity (Wildman–Crippen MR) is 73.3 cm³/mol. The lowest BCUT2D eigenvalue weighted by molar-refractivity contribution is -0.131. The average Bonchev–Trinajstić information content (AvgIpc) is 2.95. The van der Waals surface area contributed by atoms with Gasteiger partial charge in [0.15, 0.2) is 6.29 Å². The van der Waals surface area contributed by atoms with Gasteiger partial charge in [-0.1, -0.05) is 0 Å². The molecule has 1 fully saturated rings. The Bertz CT molecular complexity index is 540. The molecule has 1 heterocycles. The van der Waals surface area contributed by atoms with E-state index in [1.807, 2.05) is 6.92 Å². The molecule has 1 unspecified atom stereocenters. The van der Waals surface area contributed by atoms with E-state index in [9.17, 15) is 14.0 Å². The zero-order valence-corrected chi connectivity index (χ0v) is 11.1. The second-order valence-corrected chi connectivity index (χ2v) is 4.61. The maximum Gasteiger partial charge on any atom is 0.203 e. The van der Waals surface area contributed by atoms with Gasteiger partial charge in [0.25, 0.3) is 0 Å². The SMILES string of the molecule is CC(NNc1ccc(F)cc1)=C1CNCC1C(=O)C=O. The summed E-state index contributed by atoms with van der Waals surface area (Å²) in [5, 5.41) is 3.07. The number of Topliss-reactive ketones (excluding diaryl/α,β-unsaturated/α-hetero) is 1. The highest BCUT2D eigenvalue weighted by atomic mass is 19.1. The van der Waals surface area contributed by atoms with Crippen molar-refractivity contribution in [2.24, 2.45) is 5.92 Å². The van der Waals surface area contributed by atoms with Gasteiger partial charge < -0.3 is 16.2 Å². The third kappa shape index (κ3) is 3.21. The number of nitrogens with one attached hydrogen (secondary N) is 3. The fourth-order valence-electron chi connectivity index (χ4n) is 2.13. The van der Waals surface area contributed by atoms with E-state index < -0.39 is 11.7 Å². The molecule has 2 rings (SSSR count). The fraction of sp³-hybridized carbons (Fsp3) is 0.286. The molecule has 0 aliphatic carbocycles. The van der Waals surface area contributed by atoms with Crippen molar-refractivity contribution >= 4 is 17.8 Å². The van der Waals surface area contributed by atoms with E-state index in [4.69, 9.17) is 0 Å². The van der Waals surface area contributed by atoms with Crippen molar-refractivity contribution in [2.45, 2.75) is 6.92 Å². The minimum absolute atomic E-state index is 0.303. The van der Waals surface area contributed by atoms with Gasteiger partial charge in [0.2, 0.25) is 5.78 Å². The number of allylic oxidation sites excluding steroid dienone is 1.